The number of rotatable bonds is 7. The molecule has 1 aliphatic rings. The predicted octanol–water partition coefficient (Wildman–Crippen LogP) is 5.18. The van der Waals surface area contributed by atoms with Gasteiger partial charge in [-0.3, -0.25) is 0 Å². The summed E-state index contributed by atoms with van der Waals surface area (Å²) in [6, 6.07) is 8.96. The number of anilines is 1. The van der Waals surface area contributed by atoms with Crippen molar-refractivity contribution in [3.8, 4) is 5.75 Å². The average molecular weight is 467 g/mol. The molecule has 0 bridgehead atoms. The molecule has 33 heavy (non-hydrogen) atoms. The molecule has 1 aliphatic heterocycles. The normalized spacial score (nSPS) is 16.2. The van der Waals surface area contributed by atoms with Gasteiger partial charge in [-0.15, -0.1) is 0 Å². The summed E-state index contributed by atoms with van der Waals surface area (Å²) in [5.41, 5.74) is 7.39. The van der Waals surface area contributed by atoms with Crippen LogP contribution in [0, 0.1) is 11.3 Å². The molecule has 0 saturated carbocycles. The van der Waals surface area contributed by atoms with Gasteiger partial charge in [-0.1, -0.05) is 12.1 Å². The van der Waals surface area contributed by atoms with Crippen LogP contribution in [0.2, 0.25) is 0 Å². The lowest BCUT2D eigenvalue weighted by molar-refractivity contribution is -0.179. The topological polar surface area (TPSA) is 87.6 Å². The van der Waals surface area contributed by atoms with E-state index in [2.05, 4.69) is 14.7 Å². The molecule has 176 valence electrons. The number of nitrogens with one attached hydrogen (secondary N) is 1. The molecule has 1 aromatic heterocycles. The van der Waals surface area contributed by atoms with Crippen molar-refractivity contribution in [1.82, 2.24) is 4.98 Å². The number of ether oxygens (including phenoxy) is 1. The number of nitrogens with zero attached hydrogens (tertiary/aromatic N) is 3. The number of aliphatic imine (C=N–C) groups is 1. The second kappa shape index (κ2) is 10.4. The number of aromatic nitrogens is 1. The Morgan fingerprint density at radius 3 is 2.42 bits per heavy atom. The Morgan fingerprint density at radius 2 is 1.85 bits per heavy atom. The maximum Gasteiger partial charge on any atom is 0.391 e. The van der Waals surface area contributed by atoms with Gasteiger partial charge in [0.2, 0.25) is 0 Å². The van der Waals surface area contributed by atoms with Crippen LogP contribution in [0.15, 0.2) is 53.7 Å². The third kappa shape index (κ3) is 6.74. The molecule has 0 unspecified atom stereocenters. The van der Waals surface area contributed by atoms with Crippen molar-refractivity contribution in [3.63, 3.8) is 0 Å². The van der Waals surface area contributed by atoms with Gasteiger partial charge in [0.25, 0.3) is 0 Å². The summed E-state index contributed by atoms with van der Waals surface area (Å²) >= 11 is 0. The summed E-state index contributed by atoms with van der Waals surface area (Å²) in [5, 5.41) is 7.61. The van der Waals surface area contributed by atoms with Crippen LogP contribution in [-0.4, -0.2) is 42.9 Å². The molecule has 11 heteroatoms. The molecule has 0 radical (unpaired) electrons. The van der Waals surface area contributed by atoms with Crippen LogP contribution in [0.5, 0.6) is 5.75 Å². The molecule has 2 aromatic rings. The van der Waals surface area contributed by atoms with Crippen LogP contribution in [0.4, 0.5) is 33.5 Å². The molecular weight excluding hydrogens is 445 g/mol. The number of halogens is 5. The Balaban J connectivity index is 1.72. The monoisotopic (exact) mass is 467 g/mol. The fraction of sp³-hybridized carbons (Fsp3) is 0.318. The number of hydrogen-bond acceptors (Lipinski definition) is 5. The zero-order chi connectivity index (χ0) is 24.0. The number of benzene rings is 1. The van der Waals surface area contributed by atoms with Crippen molar-refractivity contribution in [2.75, 3.05) is 18.0 Å². The first-order valence-corrected chi connectivity index (χ1v) is 10.0. The molecule has 0 atom stereocenters. The predicted molar refractivity (Wildman–Crippen MR) is 116 cm³/mol. The van der Waals surface area contributed by atoms with Gasteiger partial charge >= 0.3 is 12.8 Å². The lowest BCUT2D eigenvalue weighted by Gasteiger charge is -2.33. The summed E-state index contributed by atoms with van der Waals surface area (Å²) in [6.45, 7) is -2.45. The van der Waals surface area contributed by atoms with Crippen LogP contribution in [0.25, 0.3) is 5.57 Å². The van der Waals surface area contributed by atoms with Crippen LogP contribution in [0.3, 0.4) is 0 Å². The van der Waals surface area contributed by atoms with E-state index in [1.165, 1.54) is 36.5 Å². The summed E-state index contributed by atoms with van der Waals surface area (Å²) < 4.78 is 67.5. The molecule has 2 heterocycles. The fourth-order valence-corrected chi connectivity index (χ4v) is 3.46. The van der Waals surface area contributed by atoms with Gasteiger partial charge in [0.1, 0.15) is 17.4 Å². The van der Waals surface area contributed by atoms with E-state index in [4.69, 9.17) is 11.1 Å². The van der Waals surface area contributed by atoms with E-state index in [0.717, 1.165) is 6.21 Å². The molecule has 3 rings (SSSR count). The highest BCUT2D eigenvalue weighted by atomic mass is 19.4. The Hall–Kier alpha value is -3.50. The quantitative estimate of drug-likeness (QED) is 0.334. The molecule has 1 fully saturated rings. The first-order chi connectivity index (χ1) is 15.7. The number of pyridine rings is 1. The zero-order valence-electron chi connectivity index (χ0n) is 17.4. The lowest BCUT2D eigenvalue weighted by atomic mass is 9.96. The third-order valence-corrected chi connectivity index (χ3v) is 5.14. The van der Waals surface area contributed by atoms with Gasteiger partial charge in [-0.05, 0) is 42.7 Å². The van der Waals surface area contributed by atoms with Crippen LogP contribution in [0.1, 0.15) is 18.4 Å². The maximum absolute atomic E-state index is 12.9. The van der Waals surface area contributed by atoms with E-state index < -0.39 is 18.7 Å². The molecule has 1 aromatic carbocycles. The van der Waals surface area contributed by atoms with Crippen LogP contribution in [-0.2, 0) is 0 Å². The van der Waals surface area contributed by atoms with E-state index in [-0.39, 0.29) is 37.5 Å². The number of allylic oxidation sites excluding steroid dienone is 1. The highest BCUT2D eigenvalue weighted by Gasteiger charge is 2.41. The highest BCUT2D eigenvalue weighted by Crippen LogP contribution is 2.35. The van der Waals surface area contributed by atoms with Crippen molar-refractivity contribution in [3.05, 3.63) is 54.2 Å². The van der Waals surface area contributed by atoms with E-state index in [0.29, 0.717) is 22.6 Å². The minimum absolute atomic E-state index is 0.00733. The molecule has 0 spiro atoms. The van der Waals surface area contributed by atoms with Crippen LogP contribution < -0.4 is 15.4 Å². The summed E-state index contributed by atoms with van der Waals surface area (Å²) in [5.74, 6) is -0.723. The highest BCUT2D eigenvalue weighted by molar-refractivity contribution is 6.16. The van der Waals surface area contributed by atoms with Gasteiger partial charge in [-0.25, -0.2) is 9.98 Å². The van der Waals surface area contributed by atoms with Crippen molar-refractivity contribution in [2.24, 2.45) is 16.6 Å². The number of alkyl halides is 5. The second-order valence-corrected chi connectivity index (χ2v) is 7.36. The largest absolute Gasteiger partial charge is 0.435 e. The first-order valence-electron chi connectivity index (χ1n) is 10.0. The maximum atomic E-state index is 12.9. The smallest absolute Gasteiger partial charge is 0.391 e. The van der Waals surface area contributed by atoms with Crippen molar-refractivity contribution < 1.29 is 26.7 Å². The van der Waals surface area contributed by atoms with Crippen LogP contribution >= 0.6 is 0 Å². The minimum atomic E-state index is -4.19. The van der Waals surface area contributed by atoms with Gasteiger partial charge < -0.3 is 20.8 Å². The van der Waals surface area contributed by atoms with Gasteiger partial charge in [-0.2, -0.15) is 22.0 Å². The van der Waals surface area contributed by atoms with E-state index in [1.807, 2.05) is 0 Å². The Bertz CT molecular complexity index is 1010. The average Bonchev–Trinajstić information content (AvgIpc) is 2.77. The fourth-order valence-electron chi connectivity index (χ4n) is 3.46. The number of nitrogens with two attached hydrogens (primary N) is 1. The minimum Gasteiger partial charge on any atom is -0.435 e. The molecule has 3 N–H and O–H groups in total. The Kier molecular flexibility index (Phi) is 7.62. The van der Waals surface area contributed by atoms with E-state index in [1.54, 1.807) is 17.0 Å². The summed E-state index contributed by atoms with van der Waals surface area (Å²) in [4.78, 5) is 10.3. The van der Waals surface area contributed by atoms with Gasteiger partial charge in [0.05, 0.1) is 11.6 Å². The number of hydrogen-bond donors (Lipinski definition) is 2. The SMILES string of the molecule is N=C/C(=C\C(N)=Nc1ccnc(N2CCC(C(F)(F)F)CC2)c1)c1ccc(OC(F)F)cc1. The van der Waals surface area contributed by atoms with E-state index >= 15 is 0 Å². The van der Waals surface area contributed by atoms with Gasteiger partial charge in [0.15, 0.2) is 0 Å². The summed E-state index contributed by atoms with van der Waals surface area (Å²) in [7, 11) is 0. The molecule has 0 amide bonds. The summed E-state index contributed by atoms with van der Waals surface area (Å²) in [6.07, 6.45) is -0.171. The molecule has 0 aliphatic carbocycles. The van der Waals surface area contributed by atoms with Gasteiger partial charge in [0, 0.05) is 37.1 Å². The standard InChI is InChI=1S/C22H22F5N5O/c23-21(24)33-18-3-1-14(2-4-18)15(13-28)11-19(29)31-17-5-8-30-20(12-17)32-9-6-16(7-10-32)22(25,26)27/h1-5,8,11-13,16,21,28H,6-7,9-10H2,(H2,29,30,31)/b15-11+,28-13?. The number of piperidine rings is 1. The van der Waals surface area contributed by atoms with Crippen molar-refractivity contribution in [2.45, 2.75) is 25.6 Å². The third-order valence-electron chi connectivity index (χ3n) is 5.14. The number of amidine groups is 1. The molecule has 1 saturated heterocycles. The lowest BCUT2D eigenvalue weighted by Crippen LogP contribution is -2.39. The van der Waals surface area contributed by atoms with Crippen molar-refractivity contribution in [1.29, 1.82) is 5.41 Å². The van der Waals surface area contributed by atoms with Crippen molar-refractivity contribution >= 4 is 29.1 Å². The molecular formula is C22H22F5N5O. The van der Waals surface area contributed by atoms with E-state index in [9.17, 15) is 22.0 Å². The second-order valence-electron chi connectivity index (χ2n) is 7.36. The molecule has 6 nitrogen and oxygen atoms in total. The Labute approximate surface area is 187 Å². The first kappa shape index (κ1) is 24.1. The zero-order valence-corrected chi connectivity index (χ0v) is 17.4. The Morgan fingerprint density at radius 1 is 1.18 bits per heavy atom.